The molecule has 3 aromatic rings. The van der Waals surface area contributed by atoms with Gasteiger partial charge in [0.1, 0.15) is 0 Å². The van der Waals surface area contributed by atoms with Crippen molar-refractivity contribution in [2.24, 2.45) is 0 Å². The molecular formula is C22H18O5. The fraction of sp³-hybridized carbons (Fsp3) is 0.136. The number of fused-ring (bicyclic) bond motifs is 1. The van der Waals surface area contributed by atoms with Gasteiger partial charge in [-0.05, 0) is 19.1 Å². The number of ether oxygens (including phenoxy) is 3. The summed E-state index contributed by atoms with van der Waals surface area (Å²) in [5.74, 6) is -1.49. The Hall–Kier alpha value is -3.47. The first-order valence-electron chi connectivity index (χ1n) is 8.67. The van der Waals surface area contributed by atoms with E-state index in [9.17, 15) is 9.90 Å². The summed E-state index contributed by atoms with van der Waals surface area (Å²) in [4.78, 5) is 12.1. The summed E-state index contributed by atoms with van der Waals surface area (Å²) < 4.78 is 17.4. The number of carbonyl (C=O) groups excluding carboxylic acids is 1. The Morgan fingerprint density at radius 2 is 1.56 bits per heavy atom. The second-order valence-electron chi connectivity index (χ2n) is 6.10. The van der Waals surface area contributed by atoms with Crippen LogP contribution in [-0.4, -0.2) is 17.7 Å². The molecule has 0 fully saturated rings. The van der Waals surface area contributed by atoms with E-state index in [0.717, 1.165) is 11.1 Å². The van der Waals surface area contributed by atoms with Gasteiger partial charge < -0.3 is 19.3 Å². The summed E-state index contributed by atoms with van der Waals surface area (Å²) in [5, 5.41) is 10.4. The fourth-order valence-corrected chi connectivity index (χ4v) is 3.14. The van der Waals surface area contributed by atoms with Crippen molar-refractivity contribution >= 4 is 5.97 Å². The molecule has 0 unspecified atom stereocenters. The molecule has 1 heterocycles. The summed E-state index contributed by atoms with van der Waals surface area (Å²) in [7, 11) is 0. The maximum Gasteiger partial charge on any atom is 0.338 e. The van der Waals surface area contributed by atoms with Crippen molar-refractivity contribution in [2.75, 3.05) is 6.61 Å². The number of hydrogen-bond donors (Lipinski definition) is 1. The predicted octanol–water partition coefficient (Wildman–Crippen LogP) is 4.24. The Labute approximate surface area is 156 Å². The Morgan fingerprint density at radius 1 is 0.963 bits per heavy atom. The first-order valence-corrected chi connectivity index (χ1v) is 8.67. The van der Waals surface area contributed by atoms with Crippen LogP contribution in [0.25, 0.3) is 0 Å². The van der Waals surface area contributed by atoms with Crippen molar-refractivity contribution in [1.82, 2.24) is 0 Å². The lowest BCUT2D eigenvalue weighted by Gasteiger charge is -2.28. The average molecular weight is 362 g/mol. The molecule has 0 atom stereocenters. The van der Waals surface area contributed by atoms with Crippen LogP contribution >= 0.6 is 0 Å². The van der Waals surface area contributed by atoms with E-state index in [4.69, 9.17) is 14.2 Å². The molecule has 0 spiro atoms. The van der Waals surface area contributed by atoms with Gasteiger partial charge in [-0.3, -0.25) is 0 Å². The molecule has 1 N–H and O–H groups in total. The number of carbonyl (C=O) groups is 1. The zero-order valence-corrected chi connectivity index (χ0v) is 14.7. The third-order valence-electron chi connectivity index (χ3n) is 4.35. The summed E-state index contributed by atoms with van der Waals surface area (Å²) in [6.07, 6.45) is 0. The molecule has 0 bridgehead atoms. The number of esters is 1. The summed E-state index contributed by atoms with van der Waals surface area (Å²) >= 11 is 0. The van der Waals surface area contributed by atoms with Gasteiger partial charge >= 0.3 is 11.8 Å². The van der Waals surface area contributed by atoms with E-state index in [0.29, 0.717) is 0 Å². The van der Waals surface area contributed by atoms with Gasteiger partial charge in [0.05, 0.1) is 12.2 Å². The molecule has 0 aromatic heterocycles. The van der Waals surface area contributed by atoms with Crippen molar-refractivity contribution < 1.29 is 24.1 Å². The monoisotopic (exact) mass is 362 g/mol. The van der Waals surface area contributed by atoms with Crippen LogP contribution in [0.2, 0.25) is 0 Å². The molecule has 4 rings (SSSR count). The molecule has 136 valence electrons. The predicted molar refractivity (Wildman–Crippen MR) is 99.0 cm³/mol. The maximum absolute atomic E-state index is 12.1. The number of phenolic OH excluding ortho intramolecular Hbond substituents is 1. The van der Waals surface area contributed by atoms with Crippen LogP contribution in [0.15, 0.2) is 72.8 Å². The molecule has 0 aliphatic carbocycles. The van der Waals surface area contributed by atoms with Gasteiger partial charge in [-0.25, -0.2) is 4.79 Å². The zero-order chi connectivity index (χ0) is 18.9. The largest absolute Gasteiger partial charge is 0.504 e. The van der Waals surface area contributed by atoms with Crippen LogP contribution < -0.4 is 9.47 Å². The van der Waals surface area contributed by atoms with Crippen LogP contribution in [-0.2, 0) is 10.5 Å². The minimum atomic E-state index is -1.25. The van der Waals surface area contributed by atoms with E-state index >= 15 is 0 Å². The van der Waals surface area contributed by atoms with Crippen LogP contribution in [0, 0.1) is 0 Å². The molecule has 27 heavy (non-hydrogen) atoms. The molecule has 5 nitrogen and oxygen atoms in total. The Balaban J connectivity index is 1.84. The van der Waals surface area contributed by atoms with Crippen molar-refractivity contribution in [1.29, 1.82) is 0 Å². The van der Waals surface area contributed by atoms with Gasteiger partial charge in [-0.2, -0.15) is 0 Å². The third kappa shape index (κ3) is 2.87. The quantitative estimate of drug-likeness (QED) is 0.703. The number of aromatic hydroxyl groups is 1. The van der Waals surface area contributed by atoms with Gasteiger partial charge in [-0.15, -0.1) is 0 Å². The van der Waals surface area contributed by atoms with Crippen LogP contribution in [0.3, 0.4) is 0 Å². The normalized spacial score (nSPS) is 14.0. The Kier molecular flexibility index (Phi) is 4.20. The van der Waals surface area contributed by atoms with Gasteiger partial charge in [0.15, 0.2) is 11.5 Å². The van der Waals surface area contributed by atoms with E-state index in [2.05, 4.69) is 0 Å². The highest BCUT2D eigenvalue weighted by molar-refractivity contribution is 5.91. The molecule has 0 amide bonds. The standard InChI is InChI=1S/C22H18O5/c1-2-25-21(24)15-13-18(23)20-19(14-15)26-22(27-20,16-9-5-3-6-10-16)17-11-7-4-8-12-17/h3-14,23H,2H2,1H3. The van der Waals surface area contributed by atoms with Gasteiger partial charge in [-0.1, -0.05) is 60.7 Å². The van der Waals surface area contributed by atoms with Crippen molar-refractivity contribution in [3.8, 4) is 17.2 Å². The highest BCUT2D eigenvalue weighted by Crippen LogP contribution is 2.52. The molecule has 0 radical (unpaired) electrons. The Bertz CT molecular complexity index is 927. The first-order chi connectivity index (χ1) is 13.1. The smallest absolute Gasteiger partial charge is 0.338 e. The topological polar surface area (TPSA) is 65.0 Å². The van der Waals surface area contributed by atoms with E-state index in [-0.39, 0.29) is 29.4 Å². The average Bonchev–Trinajstić information content (AvgIpc) is 3.11. The zero-order valence-electron chi connectivity index (χ0n) is 14.7. The number of phenols is 1. The lowest BCUT2D eigenvalue weighted by molar-refractivity contribution is -0.0467. The molecule has 1 aliphatic rings. The van der Waals surface area contributed by atoms with Crippen LogP contribution in [0.5, 0.6) is 17.2 Å². The van der Waals surface area contributed by atoms with Crippen molar-refractivity contribution in [3.63, 3.8) is 0 Å². The second kappa shape index (κ2) is 6.68. The van der Waals surface area contributed by atoms with E-state index in [1.165, 1.54) is 12.1 Å². The van der Waals surface area contributed by atoms with Gasteiger partial charge in [0.25, 0.3) is 0 Å². The molecule has 0 saturated carbocycles. The highest BCUT2D eigenvalue weighted by Gasteiger charge is 2.46. The van der Waals surface area contributed by atoms with Crippen molar-refractivity contribution in [3.05, 3.63) is 89.5 Å². The number of hydrogen-bond acceptors (Lipinski definition) is 5. The lowest BCUT2D eigenvalue weighted by Crippen LogP contribution is -2.36. The van der Waals surface area contributed by atoms with Gasteiger partial charge in [0.2, 0.25) is 5.75 Å². The lowest BCUT2D eigenvalue weighted by atomic mass is 9.97. The van der Waals surface area contributed by atoms with Gasteiger partial charge in [0, 0.05) is 11.1 Å². The number of rotatable bonds is 4. The Morgan fingerprint density at radius 3 is 2.11 bits per heavy atom. The molecular weight excluding hydrogens is 344 g/mol. The number of benzene rings is 3. The summed E-state index contributed by atoms with van der Waals surface area (Å²) in [5.41, 5.74) is 1.74. The van der Waals surface area contributed by atoms with E-state index in [1.54, 1.807) is 6.92 Å². The molecule has 5 heteroatoms. The van der Waals surface area contributed by atoms with E-state index in [1.807, 2.05) is 60.7 Å². The summed E-state index contributed by atoms with van der Waals surface area (Å²) in [6.45, 7) is 1.96. The van der Waals surface area contributed by atoms with E-state index < -0.39 is 11.8 Å². The van der Waals surface area contributed by atoms with Crippen LogP contribution in [0.4, 0.5) is 0 Å². The summed E-state index contributed by atoms with van der Waals surface area (Å²) in [6, 6.07) is 21.8. The third-order valence-corrected chi connectivity index (χ3v) is 4.35. The fourth-order valence-electron chi connectivity index (χ4n) is 3.14. The highest BCUT2D eigenvalue weighted by atomic mass is 16.7. The molecule has 1 aliphatic heterocycles. The minimum Gasteiger partial charge on any atom is -0.504 e. The minimum absolute atomic E-state index is 0.177. The van der Waals surface area contributed by atoms with Crippen LogP contribution in [0.1, 0.15) is 28.4 Å². The van der Waals surface area contributed by atoms with Crippen molar-refractivity contribution in [2.45, 2.75) is 12.7 Å². The SMILES string of the molecule is CCOC(=O)c1cc(O)c2c(c1)OC(c1ccccc1)(c1ccccc1)O2. The second-order valence-corrected chi connectivity index (χ2v) is 6.10. The molecule has 0 saturated heterocycles. The first kappa shape index (κ1) is 17.0. The molecule has 3 aromatic carbocycles. The maximum atomic E-state index is 12.1.